The van der Waals surface area contributed by atoms with Crippen molar-refractivity contribution in [3.05, 3.63) is 6.20 Å². The highest BCUT2D eigenvalue weighted by molar-refractivity contribution is 7.89. The zero-order valence-electron chi connectivity index (χ0n) is 11.2. The summed E-state index contributed by atoms with van der Waals surface area (Å²) in [5.74, 6) is 0.302. The van der Waals surface area contributed by atoms with Crippen molar-refractivity contribution in [1.82, 2.24) is 14.1 Å². The molecule has 2 heterocycles. The molecule has 0 amide bonds. The van der Waals surface area contributed by atoms with E-state index in [1.54, 1.807) is 7.05 Å². The van der Waals surface area contributed by atoms with E-state index in [4.69, 9.17) is 10.5 Å². The second-order valence-corrected chi connectivity index (χ2v) is 6.64. The Morgan fingerprint density at radius 2 is 2.37 bits per heavy atom. The maximum atomic E-state index is 12.5. The third-order valence-corrected chi connectivity index (χ3v) is 5.24. The second kappa shape index (κ2) is 5.48. The predicted octanol–water partition coefficient (Wildman–Crippen LogP) is 0.0494. The average molecular weight is 288 g/mol. The van der Waals surface area contributed by atoms with Crippen LogP contribution in [-0.2, 0) is 21.8 Å². The van der Waals surface area contributed by atoms with Gasteiger partial charge in [-0.1, -0.05) is 6.92 Å². The van der Waals surface area contributed by atoms with Gasteiger partial charge >= 0.3 is 0 Å². The summed E-state index contributed by atoms with van der Waals surface area (Å²) in [5.41, 5.74) is 5.67. The summed E-state index contributed by atoms with van der Waals surface area (Å²) in [5, 5.41) is 3.89. The lowest BCUT2D eigenvalue weighted by atomic mass is 10.1. The molecule has 1 aliphatic heterocycles. The minimum Gasteiger partial charge on any atom is -0.381 e. The first-order valence-electron chi connectivity index (χ1n) is 6.32. The van der Waals surface area contributed by atoms with Crippen LogP contribution in [0.3, 0.4) is 0 Å². The van der Waals surface area contributed by atoms with Crippen molar-refractivity contribution < 1.29 is 13.2 Å². The Labute approximate surface area is 113 Å². The van der Waals surface area contributed by atoms with Crippen LogP contribution < -0.4 is 5.73 Å². The number of aryl methyl sites for hydroxylation is 1. The van der Waals surface area contributed by atoms with Crippen molar-refractivity contribution in [3.63, 3.8) is 0 Å². The van der Waals surface area contributed by atoms with E-state index < -0.39 is 10.0 Å². The average Bonchev–Trinajstić information content (AvgIpc) is 2.95. The second-order valence-electron chi connectivity index (χ2n) is 4.74. The Balaban J connectivity index is 2.22. The van der Waals surface area contributed by atoms with Crippen LogP contribution >= 0.6 is 0 Å². The van der Waals surface area contributed by atoms with Gasteiger partial charge in [0.25, 0.3) is 0 Å². The largest absolute Gasteiger partial charge is 0.381 e. The first kappa shape index (κ1) is 14.3. The minimum absolute atomic E-state index is 0.0450. The summed E-state index contributed by atoms with van der Waals surface area (Å²) in [6, 6.07) is 0. The van der Waals surface area contributed by atoms with Crippen LogP contribution in [0.4, 0.5) is 5.82 Å². The maximum absolute atomic E-state index is 12.5. The third-order valence-electron chi connectivity index (χ3n) is 3.28. The Morgan fingerprint density at radius 3 is 2.84 bits per heavy atom. The molecule has 1 fully saturated rings. The van der Waals surface area contributed by atoms with Crippen molar-refractivity contribution in [2.45, 2.75) is 18.2 Å². The molecule has 0 aromatic carbocycles. The molecule has 0 bridgehead atoms. The van der Waals surface area contributed by atoms with E-state index in [9.17, 15) is 8.42 Å². The van der Waals surface area contributed by atoms with E-state index in [0.29, 0.717) is 26.3 Å². The Morgan fingerprint density at radius 1 is 1.63 bits per heavy atom. The highest BCUT2D eigenvalue weighted by Gasteiger charge is 2.30. The lowest BCUT2D eigenvalue weighted by molar-refractivity contribution is 0.181. The van der Waals surface area contributed by atoms with Gasteiger partial charge in [0.15, 0.2) is 5.82 Å². The van der Waals surface area contributed by atoms with Gasteiger partial charge in [0.1, 0.15) is 4.90 Å². The van der Waals surface area contributed by atoms with Crippen LogP contribution in [0.15, 0.2) is 11.1 Å². The summed E-state index contributed by atoms with van der Waals surface area (Å²) in [4.78, 5) is 0.0794. The lowest BCUT2D eigenvalue weighted by Gasteiger charge is -2.22. The number of hydrogen-bond donors (Lipinski definition) is 1. The highest BCUT2D eigenvalue weighted by atomic mass is 32.2. The molecule has 0 aliphatic carbocycles. The quantitative estimate of drug-likeness (QED) is 0.826. The number of sulfonamides is 1. The normalized spacial score (nSPS) is 20.3. The third kappa shape index (κ3) is 2.90. The summed E-state index contributed by atoms with van der Waals surface area (Å²) in [7, 11) is -1.93. The molecule has 0 saturated carbocycles. The summed E-state index contributed by atoms with van der Waals surface area (Å²) in [6.45, 7) is 4.02. The van der Waals surface area contributed by atoms with Crippen LogP contribution in [0, 0.1) is 5.92 Å². The number of rotatable bonds is 5. The molecule has 1 unspecified atom stereocenters. The molecule has 1 aliphatic rings. The molecule has 7 nitrogen and oxygen atoms in total. The molecule has 19 heavy (non-hydrogen) atoms. The highest BCUT2D eigenvalue weighted by Crippen LogP contribution is 2.23. The van der Waals surface area contributed by atoms with E-state index in [1.807, 2.05) is 6.92 Å². The van der Waals surface area contributed by atoms with E-state index in [1.165, 1.54) is 15.2 Å². The number of aromatic nitrogens is 2. The van der Waals surface area contributed by atoms with Crippen molar-refractivity contribution in [3.8, 4) is 0 Å². The maximum Gasteiger partial charge on any atom is 0.248 e. The first-order chi connectivity index (χ1) is 8.95. The van der Waals surface area contributed by atoms with Gasteiger partial charge in [-0.15, -0.1) is 0 Å². The van der Waals surface area contributed by atoms with Crippen molar-refractivity contribution >= 4 is 15.8 Å². The topological polar surface area (TPSA) is 90.5 Å². The smallest absolute Gasteiger partial charge is 0.248 e. The van der Waals surface area contributed by atoms with Gasteiger partial charge < -0.3 is 10.5 Å². The van der Waals surface area contributed by atoms with Gasteiger partial charge in [-0.05, 0) is 12.3 Å². The number of ether oxygens (including phenoxy) is 1. The standard InChI is InChI=1S/C11H20N4O3S/c1-3-15(6-9-4-5-18-8-9)19(16,17)10-7-14(2)13-11(10)12/h7,9H,3-6,8H2,1-2H3,(H2,12,13). The summed E-state index contributed by atoms with van der Waals surface area (Å²) in [6.07, 6.45) is 2.34. The monoisotopic (exact) mass is 288 g/mol. The molecular weight excluding hydrogens is 268 g/mol. The predicted molar refractivity (Wildman–Crippen MR) is 71.0 cm³/mol. The van der Waals surface area contributed by atoms with E-state index >= 15 is 0 Å². The molecule has 1 atom stereocenters. The van der Waals surface area contributed by atoms with E-state index in [2.05, 4.69) is 5.10 Å². The van der Waals surface area contributed by atoms with Crippen LogP contribution in [0.1, 0.15) is 13.3 Å². The zero-order chi connectivity index (χ0) is 14.0. The molecule has 8 heteroatoms. The Kier molecular flexibility index (Phi) is 4.12. The van der Waals surface area contributed by atoms with Crippen LogP contribution in [0.25, 0.3) is 0 Å². The van der Waals surface area contributed by atoms with Crippen LogP contribution in [-0.4, -0.2) is 48.8 Å². The number of anilines is 1. The zero-order valence-corrected chi connectivity index (χ0v) is 12.1. The fourth-order valence-electron chi connectivity index (χ4n) is 2.23. The lowest BCUT2D eigenvalue weighted by Crippen LogP contribution is -2.35. The van der Waals surface area contributed by atoms with Crippen molar-refractivity contribution in [2.75, 3.05) is 32.0 Å². The first-order valence-corrected chi connectivity index (χ1v) is 7.76. The van der Waals surface area contributed by atoms with Gasteiger partial charge in [0, 0.05) is 32.9 Å². The van der Waals surface area contributed by atoms with Gasteiger partial charge in [0.05, 0.1) is 6.61 Å². The number of nitrogens with two attached hydrogens (primary N) is 1. The van der Waals surface area contributed by atoms with Crippen LogP contribution in [0.2, 0.25) is 0 Å². The number of nitrogens with zero attached hydrogens (tertiary/aromatic N) is 3. The Hall–Kier alpha value is -1.12. The molecule has 1 aromatic heterocycles. The molecule has 1 aromatic rings. The van der Waals surface area contributed by atoms with Gasteiger partial charge in [-0.3, -0.25) is 4.68 Å². The van der Waals surface area contributed by atoms with Gasteiger partial charge in [-0.25, -0.2) is 8.42 Å². The minimum atomic E-state index is -3.58. The van der Waals surface area contributed by atoms with Crippen molar-refractivity contribution in [1.29, 1.82) is 0 Å². The molecular formula is C11H20N4O3S. The molecule has 108 valence electrons. The molecule has 0 spiro atoms. The van der Waals surface area contributed by atoms with E-state index in [0.717, 1.165) is 6.42 Å². The fraction of sp³-hybridized carbons (Fsp3) is 0.727. The van der Waals surface area contributed by atoms with Gasteiger partial charge in [-0.2, -0.15) is 9.40 Å². The summed E-state index contributed by atoms with van der Waals surface area (Å²) >= 11 is 0. The molecule has 2 rings (SSSR count). The van der Waals surface area contributed by atoms with Crippen LogP contribution in [0.5, 0.6) is 0 Å². The SMILES string of the molecule is CCN(CC1CCOC1)S(=O)(=O)c1cn(C)nc1N. The number of nitrogen functional groups attached to an aromatic ring is 1. The number of hydrogen-bond acceptors (Lipinski definition) is 5. The molecule has 0 radical (unpaired) electrons. The van der Waals surface area contributed by atoms with Gasteiger partial charge in [0.2, 0.25) is 10.0 Å². The fourth-order valence-corrected chi connectivity index (χ4v) is 3.85. The Bertz CT molecular complexity index is 534. The van der Waals surface area contributed by atoms with E-state index in [-0.39, 0.29) is 16.6 Å². The summed E-state index contributed by atoms with van der Waals surface area (Å²) < 4.78 is 33.2. The molecule has 2 N–H and O–H groups in total. The molecule has 1 saturated heterocycles. The van der Waals surface area contributed by atoms with Crippen molar-refractivity contribution in [2.24, 2.45) is 13.0 Å².